The summed E-state index contributed by atoms with van der Waals surface area (Å²) in [6.07, 6.45) is 4.26. The van der Waals surface area contributed by atoms with E-state index in [4.69, 9.17) is 10.2 Å². The second-order valence-corrected chi connectivity index (χ2v) is 18.2. The van der Waals surface area contributed by atoms with Crippen molar-refractivity contribution in [3.05, 3.63) is 48.0 Å². The van der Waals surface area contributed by atoms with Gasteiger partial charge in [0, 0.05) is 57.8 Å². The number of urea groups is 1. The fraction of sp³-hybridized carbons (Fsp3) is 0.592. The van der Waals surface area contributed by atoms with Crippen molar-refractivity contribution in [3.63, 3.8) is 0 Å². The number of benzene rings is 2. The standard InChI is InChI=1S/C49H71N7O16/c57-40(12-4-7-23-55(30-43(62)63)25-26-56(31-44(64)65)24-8-5-13-41(58)59)51-29-32-14-18-35(19-15-32)45(66)52-39(28-33-16-17-34-9-1-2-10-36(34)27-33)46(67)50-22-6-3-11-37(47(68)69)53-49(72)54-38(48(70)71)20-21-42(60)61/h1-2,9-10,16-17,27,32,35,37-39H,3-8,11-15,18-26,28-31H2,(H,50,67)(H,51,57)(H,52,66)(H,58,59)(H,60,61)(H,62,63)(H,64,65)(H,68,69)(H,70,71)(H2,53,54,72)/t32-,35-,37-,38-,39-/m0/s1. The van der Waals surface area contributed by atoms with Crippen molar-refractivity contribution in [2.45, 2.75) is 121 Å². The van der Waals surface area contributed by atoms with E-state index in [1.165, 1.54) is 0 Å². The lowest BCUT2D eigenvalue weighted by molar-refractivity contribution is -0.141. The van der Waals surface area contributed by atoms with Crippen LogP contribution in [0.25, 0.3) is 10.8 Å². The third-order valence-electron chi connectivity index (χ3n) is 12.5. The molecule has 72 heavy (non-hydrogen) atoms. The maximum atomic E-state index is 13.7. The van der Waals surface area contributed by atoms with Gasteiger partial charge in [0.2, 0.25) is 17.7 Å². The SMILES string of the molecule is O=C(O)CCCCN(CCN(CCCCC(=O)NC[C@H]1CC[C@H](C(=O)N[C@@H](Cc2ccc3ccccc3c2)C(=O)NCCCC[C@H](NC(=O)N[C@@H](CCC(=O)O)C(=O)O)C(=O)O)CC1)CC(=O)O)CC(=O)O. The summed E-state index contributed by atoms with van der Waals surface area (Å²) in [5, 5.41) is 70.4. The van der Waals surface area contributed by atoms with Gasteiger partial charge >= 0.3 is 41.8 Å². The summed E-state index contributed by atoms with van der Waals surface area (Å²) in [5.74, 6) is -8.24. The number of rotatable bonds is 36. The van der Waals surface area contributed by atoms with Gasteiger partial charge in [-0.05, 0) is 112 Å². The summed E-state index contributed by atoms with van der Waals surface area (Å²) in [6, 6.07) is 8.52. The minimum absolute atomic E-state index is 0.0233. The molecule has 2 aromatic carbocycles. The monoisotopic (exact) mass is 1010 g/mol. The summed E-state index contributed by atoms with van der Waals surface area (Å²) in [6.45, 7) is 1.35. The van der Waals surface area contributed by atoms with Gasteiger partial charge in [-0.1, -0.05) is 42.5 Å². The zero-order valence-corrected chi connectivity index (χ0v) is 40.6. The molecule has 0 saturated heterocycles. The molecule has 0 spiro atoms. The fourth-order valence-corrected chi connectivity index (χ4v) is 8.46. The van der Waals surface area contributed by atoms with Crippen LogP contribution < -0.4 is 26.6 Å². The van der Waals surface area contributed by atoms with Crippen LogP contribution in [0.1, 0.15) is 102 Å². The molecular weight excluding hydrogens is 943 g/mol. The molecule has 2 aromatic rings. The molecular formula is C49H71N7O16. The van der Waals surface area contributed by atoms with Crippen LogP contribution in [-0.2, 0) is 49.6 Å². The van der Waals surface area contributed by atoms with Gasteiger partial charge in [-0.25, -0.2) is 14.4 Å². The lowest BCUT2D eigenvalue weighted by Crippen LogP contribution is -2.51. The highest BCUT2D eigenvalue weighted by Gasteiger charge is 2.30. The molecule has 0 radical (unpaired) electrons. The third-order valence-corrected chi connectivity index (χ3v) is 12.5. The van der Waals surface area contributed by atoms with Crippen molar-refractivity contribution in [3.8, 4) is 0 Å². The van der Waals surface area contributed by atoms with Gasteiger partial charge in [-0.2, -0.15) is 0 Å². The molecule has 11 N–H and O–H groups in total. The Bertz CT molecular complexity index is 2150. The van der Waals surface area contributed by atoms with Gasteiger partial charge in [-0.15, -0.1) is 0 Å². The molecule has 1 aliphatic carbocycles. The Hall–Kier alpha value is -6.88. The smallest absolute Gasteiger partial charge is 0.326 e. The summed E-state index contributed by atoms with van der Waals surface area (Å²) >= 11 is 0. The number of hydrogen-bond acceptors (Lipinski definition) is 12. The van der Waals surface area contributed by atoms with Crippen LogP contribution in [0.3, 0.4) is 0 Å². The van der Waals surface area contributed by atoms with Gasteiger partial charge in [-0.3, -0.25) is 43.4 Å². The lowest BCUT2D eigenvalue weighted by Gasteiger charge is -2.29. The maximum absolute atomic E-state index is 13.7. The van der Waals surface area contributed by atoms with E-state index in [0.717, 1.165) is 16.3 Å². The highest BCUT2D eigenvalue weighted by atomic mass is 16.4. The van der Waals surface area contributed by atoms with Gasteiger partial charge in [0.05, 0.1) is 13.1 Å². The molecule has 1 saturated carbocycles. The molecule has 1 fully saturated rings. The summed E-state index contributed by atoms with van der Waals surface area (Å²) in [5.41, 5.74) is 0.815. The van der Waals surface area contributed by atoms with Gasteiger partial charge in [0.25, 0.3) is 0 Å². The number of carboxylic acids is 6. The molecule has 398 valence electrons. The molecule has 3 atom stereocenters. The second-order valence-electron chi connectivity index (χ2n) is 18.2. The predicted molar refractivity (Wildman–Crippen MR) is 260 cm³/mol. The quantitative estimate of drug-likeness (QED) is 0.0436. The second kappa shape index (κ2) is 32.2. The first-order chi connectivity index (χ1) is 34.3. The van der Waals surface area contributed by atoms with Gasteiger partial charge in [0.1, 0.15) is 18.1 Å². The summed E-state index contributed by atoms with van der Waals surface area (Å²) < 4.78 is 0. The molecule has 3 rings (SSSR count). The number of hydrogen-bond donors (Lipinski definition) is 11. The van der Waals surface area contributed by atoms with Crippen molar-refractivity contribution >= 4 is 70.3 Å². The number of nitrogens with zero attached hydrogens (tertiary/aromatic N) is 2. The Balaban J connectivity index is 1.46. The number of carboxylic acid groups (broad SMARTS) is 6. The number of aliphatic carboxylic acids is 6. The topological polar surface area (TPSA) is 359 Å². The number of unbranched alkanes of at least 4 members (excludes halogenated alkanes) is 3. The predicted octanol–water partition coefficient (Wildman–Crippen LogP) is 2.35. The first kappa shape index (κ1) is 59.4. The van der Waals surface area contributed by atoms with Gasteiger partial charge in [0.15, 0.2) is 0 Å². The molecule has 0 unspecified atom stereocenters. The molecule has 23 heteroatoms. The minimum atomic E-state index is -1.55. The van der Waals surface area contributed by atoms with Crippen molar-refractivity contribution in [2.24, 2.45) is 11.8 Å². The largest absolute Gasteiger partial charge is 0.481 e. The molecule has 1 aliphatic rings. The molecule has 0 aromatic heterocycles. The Morgan fingerprint density at radius 3 is 1.68 bits per heavy atom. The number of nitrogens with one attached hydrogen (secondary N) is 5. The van der Waals surface area contributed by atoms with Gasteiger partial charge < -0.3 is 57.2 Å². The van der Waals surface area contributed by atoms with E-state index in [0.29, 0.717) is 77.4 Å². The molecule has 23 nitrogen and oxygen atoms in total. The van der Waals surface area contributed by atoms with Crippen molar-refractivity contribution in [2.75, 3.05) is 52.4 Å². The first-order valence-corrected chi connectivity index (χ1v) is 24.5. The van der Waals surface area contributed by atoms with E-state index in [9.17, 15) is 68.4 Å². The van der Waals surface area contributed by atoms with E-state index in [1.54, 1.807) is 9.80 Å². The Morgan fingerprint density at radius 2 is 1.11 bits per heavy atom. The zero-order valence-electron chi connectivity index (χ0n) is 40.6. The van der Waals surface area contributed by atoms with Crippen LogP contribution in [0.5, 0.6) is 0 Å². The summed E-state index contributed by atoms with van der Waals surface area (Å²) in [7, 11) is 0. The van der Waals surface area contributed by atoms with Crippen LogP contribution in [0.4, 0.5) is 4.79 Å². The van der Waals surface area contributed by atoms with Crippen LogP contribution in [0, 0.1) is 11.8 Å². The Morgan fingerprint density at radius 1 is 0.542 bits per heavy atom. The Labute approximate surface area is 417 Å². The van der Waals surface area contributed by atoms with E-state index >= 15 is 0 Å². The van der Waals surface area contributed by atoms with Crippen LogP contribution >= 0.6 is 0 Å². The highest BCUT2D eigenvalue weighted by molar-refractivity contribution is 5.89. The van der Waals surface area contributed by atoms with Crippen LogP contribution in [0.15, 0.2) is 42.5 Å². The minimum Gasteiger partial charge on any atom is -0.481 e. The van der Waals surface area contributed by atoms with Crippen LogP contribution in [-0.4, -0.2) is 170 Å². The maximum Gasteiger partial charge on any atom is 0.326 e. The van der Waals surface area contributed by atoms with E-state index in [-0.39, 0.29) is 88.5 Å². The Kier molecular flexibility index (Phi) is 26.5. The molecule has 0 aliphatic heterocycles. The summed E-state index contributed by atoms with van der Waals surface area (Å²) in [4.78, 5) is 124. The molecule has 5 amide bonds. The highest BCUT2D eigenvalue weighted by Crippen LogP contribution is 2.29. The number of carbonyl (C=O) groups excluding carboxylic acids is 4. The van der Waals surface area contributed by atoms with Crippen molar-refractivity contribution < 1.29 is 78.6 Å². The average molecular weight is 1010 g/mol. The number of carbonyl (C=O) groups is 10. The molecule has 0 bridgehead atoms. The normalized spacial score (nSPS) is 15.7. The number of fused-ring (bicyclic) bond motifs is 1. The van der Waals surface area contributed by atoms with E-state index in [1.807, 2.05) is 42.5 Å². The van der Waals surface area contributed by atoms with Crippen molar-refractivity contribution in [1.82, 2.24) is 36.4 Å². The lowest BCUT2D eigenvalue weighted by atomic mass is 9.81. The molecule has 0 heterocycles. The third kappa shape index (κ3) is 24.3. The zero-order chi connectivity index (χ0) is 53.0. The number of amides is 5. The van der Waals surface area contributed by atoms with E-state index in [2.05, 4.69) is 26.6 Å². The first-order valence-electron chi connectivity index (χ1n) is 24.5. The fourth-order valence-electron chi connectivity index (χ4n) is 8.46. The average Bonchev–Trinajstić information content (AvgIpc) is 3.32. The van der Waals surface area contributed by atoms with Crippen LogP contribution in [0.2, 0.25) is 0 Å². The van der Waals surface area contributed by atoms with Crippen molar-refractivity contribution in [1.29, 1.82) is 0 Å². The van der Waals surface area contributed by atoms with E-state index < -0.39 is 78.7 Å².